The Bertz CT molecular complexity index is 228. The summed E-state index contributed by atoms with van der Waals surface area (Å²) in [4.78, 5) is 0. The molecular formula is C10H17N3O. The quantitative estimate of drug-likeness (QED) is 0.741. The van der Waals surface area contributed by atoms with E-state index in [1.165, 1.54) is 45.2 Å². The lowest BCUT2D eigenvalue weighted by Crippen LogP contribution is -2.21. The molecule has 1 aromatic heterocycles. The maximum Gasteiger partial charge on any atom is 0.147 e. The number of piperidine rings is 1. The molecule has 1 N–H and O–H groups in total. The summed E-state index contributed by atoms with van der Waals surface area (Å²) in [5.74, 6) is 0.668. The summed E-state index contributed by atoms with van der Waals surface area (Å²) in [6.07, 6.45) is 8.35. The van der Waals surface area contributed by atoms with E-state index in [0.29, 0.717) is 5.92 Å². The van der Waals surface area contributed by atoms with Crippen molar-refractivity contribution in [3.8, 4) is 0 Å². The summed E-state index contributed by atoms with van der Waals surface area (Å²) in [5, 5.41) is 10.4. The largest absolute Gasteiger partial charge is 0.345 e. The fourth-order valence-electron chi connectivity index (χ4n) is 1.53. The number of nitrogens with zero attached hydrogens (tertiary/aromatic N) is 2. The number of hydrogen-bond donors (Lipinski definition) is 1. The Morgan fingerprint density at radius 3 is 2.36 bits per heavy atom. The zero-order valence-electron chi connectivity index (χ0n) is 8.41. The predicted octanol–water partition coefficient (Wildman–Crippen LogP) is 1.71. The first-order chi connectivity index (χ1) is 6.97. The van der Waals surface area contributed by atoms with Gasteiger partial charge in [-0.2, -0.15) is 0 Å². The molecule has 0 spiro atoms. The van der Waals surface area contributed by atoms with E-state index in [-0.39, 0.29) is 0 Å². The zero-order valence-corrected chi connectivity index (χ0v) is 8.41. The average molecular weight is 195 g/mol. The first-order valence-electron chi connectivity index (χ1n) is 5.44. The molecule has 0 unspecified atom stereocenters. The van der Waals surface area contributed by atoms with Gasteiger partial charge in [0.2, 0.25) is 0 Å². The fourth-order valence-corrected chi connectivity index (χ4v) is 1.53. The van der Waals surface area contributed by atoms with Gasteiger partial charge in [-0.3, -0.25) is 0 Å². The number of aromatic nitrogens is 2. The second-order valence-electron chi connectivity index (χ2n) is 3.91. The van der Waals surface area contributed by atoms with Gasteiger partial charge in [-0.25, -0.2) is 0 Å². The monoisotopic (exact) mass is 195 g/mol. The van der Waals surface area contributed by atoms with Crippen LogP contribution >= 0.6 is 0 Å². The topological polar surface area (TPSA) is 51.0 Å². The van der Waals surface area contributed by atoms with Crippen molar-refractivity contribution in [2.75, 3.05) is 13.1 Å². The lowest BCUT2D eigenvalue weighted by Gasteiger charge is -2.08. The van der Waals surface area contributed by atoms with Crippen LogP contribution in [0.25, 0.3) is 0 Å². The van der Waals surface area contributed by atoms with Crippen molar-refractivity contribution in [3.05, 3.63) is 12.0 Å². The van der Waals surface area contributed by atoms with Gasteiger partial charge in [0.1, 0.15) is 12.0 Å². The highest BCUT2D eigenvalue weighted by Gasteiger charge is 2.26. The summed E-state index contributed by atoms with van der Waals surface area (Å²) in [7, 11) is 0. The molecule has 14 heavy (non-hydrogen) atoms. The van der Waals surface area contributed by atoms with E-state index in [0.717, 1.165) is 5.69 Å². The Balaban J connectivity index is 0.000000112. The molecule has 0 atom stereocenters. The minimum atomic E-state index is 0.668. The first kappa shape index (κ1) is 9.65. The molecule has 1 saturated heterocycles. The van der Waals surface area contributed by atoms with Gasteiger partial charge < -0.3 is 9.84 Å². The van der Waals surface area contributed by atoms with Crippen LogP contribution in [0.2, 0.25) is 0 Å². The van der Waals surface area contributed by atoms with Crippen LogP contribution in [0.5, 0.6) is 0 Å². The molecular weight excluding hydrogens is 178 g/mol. The number of hydrogen-bond acceptors (Lipinski definition) is 4. The van der Waals surface area contributed by atoms with Crippen molar-refractivity contribution in [2.45, 2.75) is 38.0 Å². The zero-order chi connectivity index (χ0) is 9.64. The van der Waals surface area contributed by atoms with Crippen molar-refractivity contribution in [2.24, 2.45) is 0 Å². The molecule has 1 aromatic rings. The molecule has 2 heterocycles. The Kier molecular flexibility index (Phi) is 3.51. The normalized spacial score (nSPS) is 21.1. The van der Waals surface area contributed by atoms with Gasteiger partial charge in [0.05, 0.1) is 0 Å². The minimum Gasteiger partial charge on any atom is -0.345 e. The van der Waals surface area contributed by atoms with Crippen LogP contribution in [0, 0.1) is 0 Å². The molecule has 0 bridgehead atoms. The Hall–Kier alpha value is -0.900. The van der Waals surface area contributed by atoms with Crippen molar-refractivity contribution in [1.82, 2.24) is 15.7 Å². The Morgan fingerprint density at radius 2 is 2.00 bits per heavy atom. The molecule has 2 aliphatic rings. The van der Waals surface area contributed by atoms with E-state index in [1.807, 2.05) is 0 Å². The van der Waals surface area contributed by atoms with Crippen LogP contribution in [0.1, 0.15) is 43.7 Å². The molecule has 0 amide bonds. The summed E-state index contributed by atoms with van der Waals surface area (Å²) < 4.78 is 4.55. The van der Waals surface area contributed by atoms with Gasteiger partial charge in [-0.15, -0.1) is 5.10 Å². The highest BCUT2D eigenvalue weighted by atomic mass is 16.5. The maximum atomic E-state index is 4.55. The smallest absolute Gasteiger partial charge is 0.147 e. The lowest BCUT2D eigenvalue weighted by atomic mass is 10.2. The second-order valence-corrected chi connectivity index (χ2v) is 3.91. The molecule has 0 radical (unpaired) electrons. The van der Waals surface area contributed by atoms with E-state index in [2.05, 4.69) is 20.2 Å². The molecule has 1 saturated carbocycles. The van der Waals surface area contributed by atoms with Gasteiger partial charge >= 0.3 is 0 Å². The van der Waals surface area contributed by atoms with Crippen LogP contribution in [0.15, 0.2) is 10.8 Å². The van der Waals surface area contributed by atoms with Gasteiger partial charge in [0.25, 0.3) is 0 Å². The van der Waals surface area contributed by atoms with Gasteiger partial charge in [-0.1, -0.05) is 6.42 Å². The number of nitrogens with one attached hydrogen (secondary N) is 1. The Labute approximate surface area is 84.0 Å². The van der Waals surface area contributed by atoms with E-state index in [4.69, 9.17) is 0 Å². The maximum absolute atomic E-state index is 4.55. The van der Waals surface area contributed by atoms with Gasteiger partial charge in [-0.05, 0) is 38.8 Å². The molecule has 1 aliphatic carbocycles. The molecule has 1 aliphatic heterocycles. The van der Waals surface area contributed by atoms with E-state index >= 15 is 0 Å². The fraction of sp³-hybridized carbons (Fsp3) is 0.800. The molecule has 4 heteroatoms. The molecule has 2 fully saturated rings. The minimum absolute atomic E-state index is 0.668. The first-order valence-corrected chi connectivity index (χ1v) is 5.44. The summed E-state index contributed by atoms with van der Waals surface area (Å²) in [5.41, 5.74) is 1.02. The second kappa shape index (κ2) is 5.10. The molecule has 4 nitrogen and oxygen atoms in total. The molecule has 78 valence electrons. The van der Waals surface area contributed by atoms with Gasteiger partial charge in [0, 0.05) is 11.2 Å². The van der Waals surface area contributed by atoms with Crippen LogP contribution in [0.3, 0.4) is 0 Å². The SMILES string of the molecule is C1CCNCC1.c1onnc1C1CC1. The summed E-state index contributed by atoms with van der Waals surface area (Å²) >= 11 is 0. The standard InChI is InChI=1S/C5H6N2O.C5H11N/c1-2-4(1)5-3-8-7-6-5;1-2-4-6-5-3-1/h3-4H,1-2H2;6H,1-5H2. The van der Waals surface area contributed by atoms with E-state index < -0.39 is 0 Å². The Morgan fingerprint density at radius 1 is 1.21 bits per heavy atom. The third-order valence-corrected chi connectivity index (χ3v) is 2.58. The van der Waals surface area contributed by atoms with Crippen molar-refractivity contribution in [1.29, 1.82) is 0 Å². The summed E-state index contributed by atoms with van der Waals surface area (Å²) in [6, 6.07) is 0. The highest BCUT2D eigenvalue weighted by Crippen LogP contribution is 2.38. The van der Waals surface area contributed by atoms with E-state index in [9.17, 15) is 0 Å². The van der Waals surface area contributed by atoms with Crippen molar-refractivity contribution >= 4 is 0 Å². The van der Waals surface area contributed by atoms with Crippen LogP contribution in [-0.4, -0.2) is 23.5 Å². The highest BCUT2D eigenvalue weighted by molar-refractivity contribution is 5.06. The molecule has 3 rings (SSSR count). The van der Waals surface area contributed by atoms with Crippen LogP contribution in [-0.2, 0) is 0 Å². The predicted molar refractivity (Wildman–Crippen MR) is 53.0 cm³/mol. The van der Waals surface area contributed by atoms with Crippen molar-refractivity contribution < 1.29 is 4.52 Å². The number of rotatable bonds is 1. The van der Waals surface area contributed by atoms with E-state index in [1.54, 1.807) is 6.26 Å². The molecule has 0 aromatic carbocycles. The summed E-state index contributed by atoms with van der Waals surface area (Å²) in [6.45, 7) is 2.50. The van der Waals surface area contributed by atoms with Gasteiger partial charge in [0.15, 0.2) is 0 Å². The van der Waals surface area contributed by atoms with Crippen LogP contribution in [0.4, 0.5) is 0 Å². The average Bonchev–Trinajstić information content (AvgIpc) is 2.98. The van der Waals surface area contributed by atoms with Crippen molar-refractivity contribution in [3.63, 3.8) is 0 Å². The lowest BCUT2D eigenvalue weighted by molar-refractivity contribution is 0.392. The van der Waals surface area contributed by atoms with Crippen LogP contribution < -0.4 is 5.32 Å². The third-order valence-electron chi connectivity index (χ3n) is 2.58. The third kappa shape index (κ3) is 3.10.